The fourth-order valence-corrected chi connectivity index (χ4v) is 5.29. The van der Waals surface area contributed by atoms with Gasteiger partial charge in [-0.05, 0) is 48.1 Å². The van der Waals surface area contributed by atoms with Gasteiger partial charge in [0.05, 0.1) is 43.8 Å². The van der Waals surface area contributed by atoms with Crippen LogP contribution in [0.5, 0.6) is 0 Å². The van der Waals surface area contributed by atoms with E-state index in [4.69, 9.17) is 51.4 Å². The molecule has 0 aliphatic rings. The summed E-state index contributed by atoms with van der Waals surface area (Å²) in [7, 11) is 0. The molecular weight excluding hydrogens is 736 g/mol. The molecule has 0 saturated carbocycles. The molecule has 0 spiro atoms. The number of ether oxygens (including phenoxy) is 4. The van der Waals surface area contributed by atoms with Gasteiger partial charge in [-0.1, -0.05) is 73.5 Å². The number of tetrazole rings is 1. The molecular formula is C33H43ClN8O12. The molecule has 4 aromatic rings. The molecule has 0 radical (unpaired) electrons. The molecule has 54 heavy (non-hydrogen) atoms. The lowest BCUT2D eigenvalue weighted by Crippen LogP contribution is -2.20. The third kappa shape index (κ3) is 13.1. The Morgan fingerprint density at radius 3 is 2.26 bits per heavy atom. The van der Waals surface area contributed by atoms with Crippen LogP contribution in [-0.2, 0) is 41.6 Å². The van der Waals surface area contributed by atoms with Crippen LogP contribution in [0.1, 0.15) is 67.6 Å². The molecule has 294 valence electrons. The molecule has 0 saturated heterocycles. The number of nitrogens with zero attached hydrogens (tertiary/aromatic N) is 8. The fraction of sp³-hybridized carbons (Fsp3) is 0.455. The smallest absolute Gasteiger partial charge is 0.461 e. The first kappa shape index (κ1) is 42.1. The van der Waals surface area contributed by atoms with Crippen molar-refractivity contribution in [1.82, 2.24) is 40.5 Å². The van der Waals surface area contributed by atoms with Gasteiger partial charge in [-0.15, -0.1) is 15.0 Å². The van der Waals surface area contributed by atoms with Crippen molar-refractivity contribution in [2.45, 2.75) is 58.7 Å². The number of hydrogen-bond donors (Lipinski definition) is 4. The molecule has 1 atom stereocenters. The van der Waals surface area contributed by atoms with E-state index in [1.165, 1.54) is 0 Å². The minimum Gasteiger partial charge on any atom is -0.461 e. The lowest BCUT2D eigenvalue weighted by molar-refractivity contribution is -0.493. The van der Waals surface area contributed by atoms with Crippen molar-refractivity contribution in [3.63, 3.8) is 0 Å². The minimum absolute atomic E-state index is 0.0261. The third-order valence-electron chi connectivity index (χ3n) is 7.61. The molecule has 1 unspecified atom stereocenters. The van der Waals surface area contributed by atoms with Gasteiger partial charge in [0.15, 0.2) is 10.8 Å². The molecule has 2 aromatic heterocycles. The molecule has 0 aliphatic carbocycles. The lowest BCUT2D eigenvalue weighted by Gasteiger charge is -2.13. The Morgan fingerprint density at radius 1 is 0.852 bits per heavy atom. The zero-order valence-electron chi connectivity index (χ0n) is 29.7. The summed E-state index contributed by atoms with van der Waals surface area (Å²) in [5, 5.41) is 46.1. The summed E-state index contributed by atoms with van der Waals surface area (Å²) < 4.78 is 22.6. The SMILES string of the molecule is CCCCc1nc(Cl)c(C(=O)OCCCCON(O)O)n1Cc1ccc(-c2ccccc2-c2nnn(C(C)OC(=O)OCCOCCON(O)O)n2)cc1. The normalized spacial score (nSPS) is 12.0. The first-order valence-electron chi connectivity index (χ1n) is 17.0. The van der Waals surface area contributed by atoms with Crippen molar-refractivity contribution in [2.75, 3.05) is 39.6 Å². The fourth-order valence-electron chi connectivity index (χ4n) is 5.01. The van der Waals surface area contributed by atoms with Crippen molar-refractivity contribution in [3.8, 4) is 22.5 Å². The van der Waals surface area contributed by atoms with Crippen LogP contribution >= 0.6 is 11.6 Å². The van der Waals surface area contributed by atoms with Crippen molar-refractivity contribution in [2.24, 2.45) is 0 Å². The quantitative estimate of drug-likeness (QED) is 0.0445. The molecule has 0 aliphatic heterocycles. The van der Waals surface area contributed by atoms with Gasteiger partial charge in [-0.25, -0.2) is 19.4 Å². The number of unbranched alkanes of at least 4 members (excludes halogenated alkanes) is 2. The molecule has 4 N–H and O–H groups in total. The maximum Gasteiger partial charge on any atom is 0.510 e. The predicted molar refractivity (Wildman–Crippen MR) is 184 cm³/mol. The van der Waals surface area contributed by atoms with Gasteiger partial charge in [0.25, 0.3) is 0 Å². The Labute approximate surface area is 314 Å². The number of halogens is 1. The predicted octanol–water partition coefficient (Wildman–Crippen LogP) is 4.90. The number of aromatic nitrogens is 6. The van der Waals surface area contributed by atoms with Crippen LogP contribution in [0.4, 0.5) is 4.79 Å². The number of hydrogen-bond acceptors (Lipinski definition) is 18. The Kier molecular flexibility index (Phi) is 17.1. The van der Waals surface area contributed by atoms with E-state index in [0.717, 1.165) is 34.3 Å². The summed E-state index contributed by atoms with van der Waals surface area (Å²) in [4.78, 5) is 39.8. The van der Waals surface area contributed by atoms with E-state index < -0.39 is 23.7 Å². The largest absolute Gasteiger partial charge is 0.510 e. The minimum atomic E-state index is -0.972. The highest BCUT2D eigenvalue weighted by atomic mass is 35.5. The lowest BCUT2D eigenvalue weighted by atomic mass is 9.98. The summed E-state index contributed by atoms with van der Waals surface area (Å²) in [6, 6.07) is 15.2. The van der Waals surface area contributed by atoms with Gasteiger partial charge >= 0.3 is 12.1 Å². The summed E-state index contributed by atoms with van der Waals surface area (Å²) in [5.74, 6) is 0.351. The van der Waals surface area contributed by atoms with Crippen LogP contribution in [0.25, 0.3) is 22.5 Å². The Hall–Kier alpha value is -4.61. The maximum atomic E-state index is 13.2. The van der Waals surface area contributed by atoms with Crippen LogP contribution < -0.4 is 0 Å². The van der Waals surface area contributed by atoms with E-state index in [0.29, 0.717) is 43.0 Å². The molecule has 0 fully saturated rings. The number of carbonyl (C=O) groups is 2. The Balaban J connectivity index is 1.40. The van der Waals surface area contributed by atoms with Crippen molar-refractivity contribution in [1.29, 1.82) is 0 Å². The van der Waals surface area contributed by atoms with Gasteiger partial charge < -0.3 is 23.5 Å². The molecule has 2 heterocycles. The van der Waals surface area contributed by atoms with E-state index in [1.807, 2.05) is 48.5 Å². The number of carbonyl (C=O) groups excluding carboxylic acids is 2. The van der Waals surface area contributed by atoms with Crippen molar-refractivity contribution >= 4 is 23.7 Å². The highest BCUT2D eigenvalue weighted by Gasteiger charge is 2.24. The second-order valence-corrected chi connectivity index (χ2v) is 11.8. The maximum absolute atomic E-state index is 13.2. The number of benzene rings is 2. The van der Waals surface area contributed by atoms with E-state index >= 15 is 0 Å². The first-order valence-corrected chi connectivity index (χ1v) is 17.4. The standard InChI is InChI=1S/C33H43ClN8O12/c1-3-4-11-28-35-30(34)29(32(43)50-16-7-8-17-52-41(45)46)39(28)22-24-12-14-25(15-13-24)26-9-5-6-10-27(26)31-36-38-40(37-31)23(2)54-33(44)51-20-18-49-19-21-53-42(47)48/h5-6,9-10,12-15,23,45-48H,3-4,7-8,11,16-22H2,1-2H3. The average Bonchev–Trinajstić information content (AvgIpc) is 3.76. The monoisotopic (exact) mass is 778 g/mol. The molecule has 21 heteroatoms. The third-order valence-corrected chi connectivity index (χ3v) is 7.87. The van der Waals surface area contributed by atoms with E-state index in [1.54, 1.807) is 11.5 Å². The van der Waals surface area contributed by atoms with Crippen LogP contribution in [0.2, 0.25) is 5.15 Å². The zero-order valence-corrected chi connectivity index (χ0v) is 30.4. The van der Waals surface area contributed by atoms with Gasteiger partial charge in [0, 0.05) is 18.5 Å². The van der Waals surface area contributed by atoms with Crippen LogP contribution in [0, 0.1) is 0 Å². The van der Waals surface area contributed by atoms with Gasteiger partial charge in [0.2, 0.25) is 12.1 Å². The van der Waals surface area contributed by atoms with E-state index in [-0.39, 0.29) is 55.9 Å². The number of imidazole rings is 1. The molecule has 2 aromatic carbocycles. The summed E-state index contributed by atoms with van der Waals surface area (Å²) >= 11 is 6.48. The topological polar surface area (TPSA) is 238 Å². The Morgan fingerprint density at radius 2 is 1.54 bits per heavy atom. The van der Waals surface area contributed by atoms with Crippen molar-refractivity contribution in [3.05, 3.63) is 70.8 Å². The van der Waals surface area contributed by atoms with E-state index in [9.17, 15) is 9.59 Å². The summed E-state index contributed by atoms with van der Waals surface area (Å²) in [5.41, 5.74) is 3.40. The van der Waals surface area contributed by atoms with Crippen molar-refractivity contribution < 1.29 is 59.0 Å². The molecule has 0 amide bonds. The second kappa shape index (κ2) is 21.9. The molecule has 20 nitrogen and oxygen atoms in total. The molecule has 4 rings (SSSR count). The second-order valence-electron chi connectivity index (χ2n) is 11.5. The highest BCUT2D eigenvalue weighted by Crippen LogP contribution is 2.31. The van der Waals surface area contributed by atoms with Crippen LogP contribution in [0.3, 0.4) is 0 Å². The van der Waals surface area contributed by atoms with Gasteiger partial charge in [-0.2, -0.15) is 0 Å². The number of esters is 1. The van der Waals surface area contributed by atoms with Crippen LogP contribution in [-0.4, -0.2) is 113 Å². The first-order chi connectivity index (χ1) is 26.1. The highest BCUT2D eigenvalue weighted by molar-refractivity contribution is 6.32. The zero-order chi connectivity index (χ0) is 38.9. The number of rotatable bonds is 23. The Bertz CT molecular complexity index is 1760. The van der Waals surface area contributed by atoms with Gasteiger partial charge in [-0.3, -0.25) is 25.7 Å². The summed E-state index contributed by atoms with van der Waals surface area (Å²) in [6.45, 7) is 3.86. The molecule has 0 bridgehead atoms. The average molecular weight is 779 g/mol. The van der Waals surface area contributed by atoms with Crippen LogP contribution in [0.15, 0.2) is 48.5 Å². The summed E-state index contributed by atoms with van der Waals surface area (Å²) in [6.07, 6.45) is 1.33. The van der Waals surface area contributed by atoms with Gasteiger partial charge in [0.1, 0.15) is 12.4 Å². The number of aryl methyl sites for hydroxylation is 1. The van der Waals surface area contributed by atoms with E-state index in [2.05, 4.69) is 37.0 Å².